The van der Waals surface area contributed by atoms with Crippen LogP contribution in [0.5, 0.6) is 0 Å². The van der Waals surface area contributed by atoms with Gasteiger partial charge in [-0.3, -0.25) is 0 Å². The first-order chi connectivity index (χ1) is 35.1. The topological polar surface area (TPSA) is 3.88 Å². The molecule has 1 nitrogen and oxygen atoms in total. The van der Waals surface area contributed by atoms with E-state index in [1.165, 1.54) is 22.2 Å². The first-order valence-corrected chi connectivity index (χ1v) is 21.6. The molecule has 0 amide bonds. The molecule has 7 rings (SSSR count). The molecule has 0 spiro atoms. The summed E-state index contributed by atoms with van der Waals surface area (Å²) < 4.78 is 343. The highest BCUT2D eigenvalue weighted by Crippen LogP contribution is 2.41. The van der Waals surface area contributed by atoms with Crippen LogP contribution in [0.4, 0.5) is 105 Å². The van der Waals surface area contributed by atoms with Crippen LogP contribution >= 0.6 is 0 Å². The van der Waals surface area contributed by atoms with Crippen molar-refractivity contribution in [2.75, 3.05) is 0 Å². The van der Waals surface area contributed by atoms with Gasteiger partial charge in [0.05, 0.1) is 44.5 Å². The minimum Gasteiger partial charge on any atom is -0.194 e. The predicted octanol–water partition coefficient (Wildman–Crippen LogP) is 15.4. The molecule has 0 radical (unpaired) electrons. The van der Waals surface area contributed by atoms with E-state index in [2.05, 4.69) is 90.4 Å². The minimum atomic E-state index is -6.13. The highest BCUT2D eigenvalue weighted by atomic mass is 19.4. The van der Waals surface area contributed by atoms with Crippen LogP contribution in [0.15, 0.2) is 146 Å². The van der Waals surface area contributed by atoms with Gasteiger partial charge in [-0.1, -0.05) is 97.1 Å². The molecule has 7 aromatic rings. The van der Waals surface area contributed by atoms with Crippen LogP contribution in [0, 0.1) is 0 Å². The van der Waals surface area contributed by atoms with Crippen LogP contribution in [-0.4, -0.2) is 6.15 Å². The van der Waals surface area contributed by atoms with Crippen LogP contribution in [0.1, 0.15) is 62.7 Å². The highest BCUT2D eigenvalue weighted by Gasteiger charge is 2.47. The molecule has 0 saturated carbocycles. The number of fused-ring (bicyclic) bond motifs is 1. The summed E-state index contributed by atoms with van der Waals surface area (Å²) in [6.07, 6.45) is -50.6. The van der Waals surface area contributed by atoms with Crippen molar-refractivity contribution in [1.29, 1.82) is 0 Å². The van der Waals surface area contributed by atoms with Gasteiger partial charge in [0.1, 0.15) is 6.15 Å². The first kappa shape index (κ1) is 59.1. The monoisotopic (exact) mass is 1120 g/mol. The molecule has 6 aromatic carbocycles. The lowest BCUT2D eigenvalue weighted by molar-refractivity contribution is -0.664. The quantitative estimate of drug-likeness (QED) is 0.0851. The third-order valence-electron chi connectivity index (χ3n) is 11.9. The average molecular weight is 1120 g/mol. The number of aromatic nitrogens is 1. The number of nitrogens with zero attached hydrogens (tertiary/aromatic N) is 1. The molecule has 0 N–H and O–H groups in total. The second-order valence-corrected chi connectivity index (χ2v) is 17.1. The number of pyridine rings is 1. The van der Waals surface area contributed by atoms with Gasteiger partial charge in [-0.2, -0.15) is 132 Å². The number of rotatable bonds is 7. The summed E-state index contributed by atoms with van der Waals surface area (Å²) in [7, 11) is 0. The molecule has 0 bridgehead atoms. The molecule has 0 saturated heterocycles. The van der Waals surface area contributed by atoms with Gasteiger partial charge in [0.25, 0.3) is 0 Å². The molecule has 410 valence electrons. The number of benzene rings is 6. The summed E-state index contributed by atoms with van der Waals surface area (Å²) in [5.41, 5.74) is -26.4. The Balaban J connectivity index is 0.000000397. The van der Waals surface area contributed by atoms with E-state index in [9.17, 15) is 105 Å². The minimum absolute atomic E-state index is 0.691. The Kier molecular flexibility index (Phi) is 15.9. The summed E-state index contributed by atoms with van der Waals surface area (Å²) in [6, 6.07) is 14.7. The van der Waals surface area contributed by atoms with Gasteiger partial charge in [0.15, 0.2) is 6.54 Å². The molecule has 26 heteroatoms. The van der Waals surface area contributed by atoms with Crippen LogP contribution in [0.3, 0.4) is 0 Å². The normalized spacial score (nSPS) is 13.5. The standard InChI is InChI=1S/C32H12BF24.C19H18N/c34-25(35,36)13-1-14(26(37,38)39)6-21(5-13)33(22-7-15(27(40,41)42)2-16(8-22)28(43,44)45,23-9-17(29(46,47)48)3-18(10-23)30(49,50)51)24-11-19(31(52,53)54)4-20(12-24)32(55,56)57;1-2-8-18-14-13-17-11-6-7-12-19(17)20(18)15-16-9-4-3-5-10-16/h1-12H;2-14H,15H2,1H3/q-1;+1. The molecule has 77 heavy (non-hydrogen) atoms. The zero-order valence-corrected chi connectivity index (χ0v) is 38.2. The zero-order chi connectivity index (χ0) is 57.7. The Morgan fingerprint density at radius 3 is 0.883 bits per heavy atom. The Hall–Kier alpha value is -7.15. The van der Waals surface area contributed by atoms with Crippen LogP contribution in [0.2, 0.25) is 0 Å². The average Bonchev–Trinajstić information content (AvgIpc) is 3.30. The lowest BCUT2D eigenvalue weighted by atomic mass is 9.12. The summed E-state index contributed by atoms with van der Waals surface area (Å²) in [6.45, 7) is 2.95. The predicted molar refractivity (Wildman–Crippen MR) is 234 cm³/mol. The van der Waals surface area contributed by atoms with Crippen molar-refractivity contribution in [2.45, 2.75) is 62.9 Å². The zero-order valence-electron chi connectivity index (χ0n) is 38.2. The Labute approximate surface area is 418 Å². The van der Waals surface area contributed by atoms with Crippen LogP contribution < -0.4 is 26.4 Å². The largest absolute Gasteiger partial charge is 0.416 e. The molecule has 0 aliphatic heterocycles. The maximum absolute atomic E-state index is 14.2. The van der Waals surface area contributed by atoms with E-state index in [0.29, 0.717) is 0 Å². The number of hydrogen-bond acceptors (Lipinski definition) is 0. The van der Waals surface area contributed by atoms with Crippen molar-refractivity contribution >= 4 is 45.0 Å². The lowest BCUT2D eigenvalue weighted by Crippen LogP contribution is -2.75. The summed E-state index contributed by atoms with van der Waals surface area (Å²) >= 11 is 0. The number of allylic oxidation sites excluding steroid dienone is 1. The number of para-hydroxylation sites is 1. The maximum atomic E-state index is 14.2. The second-order valence-electron chi connectivity index (χ2n) is 17.1. The van der Waals surface area contributed by atoms with Crippen molar-refractivity contribution in [3.63, 3.8) is 0 Å². The molecule has 0 aliphatic rings. The van der Waals surface area contributed by atoms with Gasteiger partial charge < -0.3 is 0 Å². The molecule has 1 heterocycles. The Morgan fingerprint density at radius 1 is 0.338 bits per heavy atom. The first-order valence-electron chi connectivity index (χ1n) is 21.6. The fourth-order valence-electron chi connectivity index (χ4n) is 8.61. The molecule has 0 aliphatic carbocycles. The van der Waals surface area contributed by atoms with E-state index in [1.807, 2.05) is 0 Å². The van der Waals surface area contributed by atoms with E-state index < -0.39 is 195 Å². The fraction of sp³-hybridized carbons (Fsp3) is 0.196. The van der Waals surface area contributed by atoms with E-state index in [0.717, 1.165) is 6.54 Å². The van der Waals surface area contributed by atoms with Crippen molar-refractivity contribution in [3.8, 4) is 0 Å². The number of alkyl halides is 24. The van der Waals surface area contributed by atoms with Gasteiger partial charge in [0.2, 0.25) is 11.2 Å². The summed E-state index contributed by atoms with van der Waals surface area (Å²) in [4.78, 5) is 0. The fourth-order valence-corrected chi connectivity index (χ4v) is 8.61. The SMILES string of the molecule is CC=Cc1ccc2ccccc2[n+]1Cc1ccccc1.FC(F)(F)c1cc([B-](c2cc(C(F)(F)F)cc(C(F)(F)F)c2)(c2cc(C(F)(F)F)cc(C(F)(F)F)c2)c2cc(C(F)(F)F)cc(C(F)(F)F)c2)cc(C(F)(F)F)c1. The van der Waals surface area contributed by atoms with E-state index >= 15 is 0 Å². The third kappa shape index (κ3) is 13.3. The Bertz CT molecular complexity index is 2840. The van der Waals surface area contributed by atoms with E-state index in [-0.39, 0.29) is 0 Å². The van der Waals surface area contributed by atoms with Gasteiger partial charge >= 0.3 is 49.4 Å². The smallest absolute Gasteiger partial charge is 0.194 e. The Morgan fingerprint density at radius 2 is 0.610 bits per heavy atom. The van der Waals surface area contributed by atoms with Crippen molar-refractivity contribution in [3.05, 3.63) is 201 Å². The van der Waals surface area contributed by atoms with Gasteiger partial charge in [-0.15, -0.1) is 0 Å². The van der Waals surface area contributed by atoms with Crippen LogP contribution in [-0.2, 0) is 56.0 Å². The molecular formula is C51H30BF24N. The highest BCUT2D eigenvalue weighted by molar-refractivity contribution is 7.20. The molecule has 1 aromatic heterocycles. The van der Waals surface area contributed by atoms with Crippen LogP contribution in [0.25, 0.3) is 17.0 Å². The van der Waals surface area contributed by atoms with Gasteiger partial charge in [-0.05, 0) is 43.3 Å². The maximum Gasteiger partial charge on any atom is 0.416 e. The second kappa shape index (κ2) is 20.7. The van der Waals surface area contributed by atoms with Gasteiger partial charge in [0, 0.05) is 29.2 Å². The van der Waals surface area contributed by atoms with Crippen molar-refractivity contribution in [2.24, 2.45) is 0 Å². The van der Waals surface area contributed by atoms with E-state index in [1.54, 1.807) is 0 Å². The lowest BCUT2D eigenvalue weighted by Gasteiger charge is -2.46. The van der Waals surface area contributed by atoms with Crippen molar-refractivity contribution in [1.82, 2.24) is 0 Å². The summed E-state index contributed by atoms with van der Waals surface area (Å²) in [5.74, 6) is 0. The third-order valence-corrected chi connectivity index (χ3v) is 11.9. The molecule has 0 atom stereocenters. The summed E-state index contributed by atoms with van der Waals surface area (Å²) in [5, 5.41) is 1.27. The van der Waals surface area contributed by atoms with Crippen molar-refractivity contribution < 1.29 is 110 Å². The molecular weight excluding hydrogens is 1090 g/mol. The molecule has 0 unspecified atom stereocenters. The molecule has 0 fully saturated rings. The van der Waals surface area contributed by atoms with Gasteiger partial charge in [-0.25, -0.2) is 0 Å². The number of hydrogen-bond donors (Lipinski definition) is 0. The number of halogens is 24. The van der Waals surface area contributed by atoms with E-state index in [4.69, 9.17) is 0 Å².